The van der Waals surface area contributed by atoms with Crippen molar-refractivity contribution in [1.29, 1.82) is 0 Å². The van der Waals surface area contributed by atoms with E-state index in [1.54, 1.807) is 43.4 Å². The molecule has 21 heavy (non-hydrogen) atoms. The number of rotatable bonds is 3. The van der Waals surface area contributed by atoms with Gasteiger partial charge in [-0.3, -0.25) is 4.79 Å². The summed E-state index contributed by atoms with van der Waals surface area (Å²) in [5.41, 5.74) is 1.19. The van der Waals surface area contributed by atoms with Gasteiger partial charge in [0.05, 0.1) is 0 Å². The largest absolute Gasteiger partial charge is 0.446 e. The second kappa shape index (κ2) is 5.53. The van der Waals surface area contributed by atoms with E-state index < -0.39 is 0 Å². The van der Waals surface area contributed by atoms with E-state index in [9.17, 15) is 4.79 Å². The molecule has 6 nitrogen and oxygen atoms in total. The van der Waals surface area contributed by atoms with Gasteiger partial charge in [0.25, 0.3) is 11.8 Å². The third kappa shape index (κ3) is 2.73. The summed E-state index contributed by atoms with van der Waals surface area (Å²) < 4.78 is 11.2. The Morgan fingerprint density at radius 1 is 1.29 bits per heavy atom. The maximum Gasteiger partial charge on any atom is 0.258 e. The van der Waals surface area contributed by atoms with Crippen LogP contribution in [0.2, 0.25) is 0 Å². The number of halogens is 1. The van der Waals surface area contributed by atoms with Gasteiger partial charge in [0.2, 0.25) is 5.82 Å². The minimum atomic E-state index is -0.174. The molecule has 0 aliphatic heterocycles. The van der Waals surface area contributed by atoms with E-state index in [1.165, 1.54) is 0 Å². The molecule has 0 unspecified atom stereocenters. The molecule has 106 valence electrons. The molecule has 0 spiro atoms. The smallest absolute Gasteiger partial charge is 0.258 e. The second-order valence-corrected chi connectivity index (χ2v) is 4.97. The summed E-state index contributed by atoms with van der Waals surface area (Å²) >= 11 is 3.22. The van der Waals surface area contributed by atoms with Gasteiger partial charge in [-0.2, -0.15) is 4.98 Å². The molecule has 0 bridgehead atoms. The van der Waals surface area contributed by atoms with E-state index in [2.05, 4.69) is 31.4 Å². The van der Waals surface area contributed by atoms with Gasteiger partial charge in [0.1, 0.15) is 0 Å². The molecular weight excluding hydrogens is 338 g/mol. The fourth-order valence-electron chi connectivity index (χ4n) is 1.81. The predicted molar refractivity (Wildman–Crippen MR) is 78.5 cm³/mol. The lowest BCUT2D eigenvalue weighted by molar-refractivity contribution is 0.0963. The molecule has 0 radical (unpaired) electrons. The highest BCUT2D eigenvalue weighted by Crippen LogP contribution is 2.25. The summed E-state index contributed by atoms with van der Waals surface area (Å²) in [6.07, 6.45) is 0. The minimum Gasteiger partial charge on any atom is -0.446 e. The summed E-state index contributed by atoms with van der Waals surface area (Å²) in [6.45, 7) is 0. The first-order chi connectivity index (χ1) is 10.2. The molecule has 0 fully saturated rings. The van der Waals surface area contributed by atoms with Crippen LogP contribution >= 0.6 is 15.9 Å². The maximum absolute atomic E-state index is 11.6. The highest BCUT2D eigenvalue weighted by molar-refractivity contribution is 9.10. The lowest BCUT2D eigenvalue weighted by atomic mass is 10.1. The van der Waals surface area contributed by atoms with Crippen molar-refractivity contribution in [2.45, 2.75) is 0 Å². The molecule has 0 aliphatic carbocycles. The quantitative estimate of drug-likeness (QED) is 0.787. The van der Waals surface area contributed by atoms with Gasteiger partial charge < -0.3 is 14.3 Å². The Morgan fingerprint density at radius 2 is 2.14 bits per heavy atom. The van der Waals surface area contributed by atoms with Gasteiger partial charge in [0.15, 0.2) is 10.4 Å². The summed E-state index contributed by atoms with van der Waals surface area (Å²) in [6, 6.07) is 10.4. The van der Waals surface area contributed by atoms with Crippen molar-refractivity contribution in [3.63, 3.8) is 0 Å². The van der Waals surface area contributed by atoms with Crippen LogP contribution in [0.5, 0.6) is 0 Å². The lowest BCUT2D eigenvalue weighted by Crippen LogP contribution is -2.17. The first kappa shape index (κ1) is 13.6. The molecular formula is C14H10BrN3O3. The molecule has 7 heteroatoms. The van der Waals surface area contributed by atoms with Crippen LogP contribution in [0.1, 0.15) is 10.4 Å². The highest BCUT2D eigenvalue weighted by Gasteiger charge is 2.14. The number of hydrogen-bond acceptors (Lipinski definition) is 5. The maximum atomic E-state index is 11.6. The zero-order valence-corrected chi connectivity index (χ0v) is 12.5. The molecule has 1 N–H and O–H groups in total. The first-order valence-corrected chi connectivity index (χ1v) is 6.88. The Balaban J connectivity index is 1.95. The number of hydrogen-bond donors (Lipinski definition) is 1. The van der Waals surface area contributed by atoms with Gasteiger partial charge in [0, 0.05) is 18.2 Å². The normalized spacial score (nSPS) is 10.6. The standard InChI is InChI=1S/C14H10BrN3O3/c1-16-13(19)8-3-2-4-9(7-8)14-17-12(18-21-14)10-5-6-11(15)20-10/h2-7H,1H3,(H,16,19). The number of carbonyl (C=O) groups is 1. The topological polar surface area (TPSA) is 81.2 Å². The number of nitrogens with one attached hydrogen (secondary N) is 1. The summed E-state index contributed by atoms with van der Waals surface area (Å²) in [5, 5.41) is 6.44. The fraction of sp³-hybridized carbons (Fsp3) is 0.0714. The van der Waals surface area contributed by atoms with Crippen LogP contribution in [0.3, 0.4) is 0 Å². The van der Waals surface area contributed by atoms with Crippen molar-refractivity contribution < 1.29 is 13.7 Å². The summed E-state index contributed by atoms with van der Waals surface area (Å²) in [4.78, 5) is 15.9. The molecule has 3 aromatic rings. The van der Waals surface area contributed by atoms with E-state index in [1.807, 2.05) is 0 Å². The van der Waals surface area contributed by atoms with Crippen LogP contribution in [0, 0.1) is 0 Å². The van der Waals surface area contributed by atoms with Crippen molar-refractivity contribution in [3.05, 3.63) is 46.6 Å². The number of benzene rings is 1. The summed E-state index contributed by atoms with van der Waals surface area (Å²) in [5.74, 6) is 0.996. The molecule has 0 atom stereocenters. The van der Waals surface area contributed by atoms with Gasteiger partial charge in [-0.25, -0.2) is 0 Å². The minimum absolute atomic E-state index is 0.174. The highest BCUT2D eigenvalue weighted by atomic mass is 79.9. The molecule has 0 aliphatic rings. The second-order valence-electron chi connectivity index (χ2n) is 4.19. The van der Waals surface area contributed by atoms with Crippen LogP contribution in [-0.2, 0) is 0 Å². The Morgan fingerprint density at radius 3 is 2.86 bits per heavy atom. The average Bonchev–Trinajstić information content (AvgIpc) is 3.15. The third-order valence-corrected chi connectivity index (χ3v) is 3.24. The summed E-state index contributed by atoms with van der Waals surface area (Å²) in [7, 11) is 1.58. The number of aromatic nitrogens is 2. The van der Waals surface area contributed by atoms with Crippen LogP contribution < -0.4 is 5.32 Å². The van der Waals surface area contributed by atoms with Crippen molar-refractivity contribution in [3.8, 4) is 23.0 Å². The molecule has 0 saturated heterocycles. The van der Waals surface area contributed by atoms with Gasteiger partial charge >= 0.3 is 0 Å². The Hall–Kier alpha value is -2.41. The van der Waals surface area contributed by atoms with Crippen LogP contribution in [0.4, 0.5) is 0 Å². The van der Waals surface area contributed by atoms with E-state index in [0.717, 1.165) is 0 Å². The number of amides is 1. The van der Waals surface area contributed by atoms with Gasteiger partial charge in [-0.1, -0.05) is 11.2 Å². The van der Waals surface area contributed by atoms with Crippen LogP contribution in [0.15, 0.2) is 50.0 Å². The fourth-order valence-corrected chi connectivity index (χ4v) is 2.12. The van der Waals surface area contributed by atoms with Gasteiger partial charge in [-0.05, 0) is 46.3 Å². The Bertz CT molecular complexity index is 794. The monoisotopic (exact) mass is 347 g/mol. The van der Waals surface area contributed by atoms with E-state index in [0.29, 0.717) is 33.3 Å². The Kier molecular flexibility index (Phi) is 3.57. The zero-order chi connectivity index (χ0) is 14.8. The molecule has 1 aromatic carbocycles. The van der Waals surface area contributed by atoms with E-state index in [-0.39, 0.29) is 5.91 Å². The number of furan rings is 1. The zero-order valence-electron chi connectivity index (χ0n) is 11.0. The predicted octanol–water partition coefficient (Wildman–Crippen LogP) is 3.12. The van der Waals surface area contributed by atoms with E-state index in [4.69, 9.17) is 8.94 Å². The van der Waals surface area contributed by atoms with Crippen LogP contribution in [-0.4, -0.2) is 23.1 Å². The third-order valence-electron chi connectivity index (χ3n) is 2.82. The van der Waals surface area contributed by atoms with Crippen LogP contribution in [0.25, 0.3) is 23.0 Å². The Labute approximate surface area is 128 Å². The van der Waals surface area contributed by atoms with Crippen molar-refractivity contribution in [2.75, 3.05) is 7.05 Å². The first-order valence-electron chi connectivity index (χ1n) is 6.09. The van der Waals surface area contributed by atoms with E-state index >= 15 is 0 Å². The van der Waals surface area contributed by atoms with Crippen molar-refractivity contribution >= 4 is 21.8 Å². The van der Waals surface area contributed by atoms with Crippen molar-refractivity contribution in [1.82, 2.24) is 15.5 Å². The molecule has 3 rings (SSSR count). The number of nitrogens with zero attached hydrogens (tertiary/aromatic N) is 2. The SMILES string of the molecule is CNC(=O)c1cccc(-c2nc(-c3ccc(Br)o3)no2)c1. The van der Waals surface area contributed by atoms with Gasteiger partial charge in [-0.15, -0.1) is 0 Å². The molecule has 2 heterocycles. The molecule has 1 amide bonds. The molecule has 0 saturated carbocycles. The number of carbonyl (C=O) groups excluding carboxylic acids is 1. The van der Waals surface area contributed by atoms with Crippen molar-refractivity contribution in [2.24, 2.45) is 0 Å². The average molecular weight is 348 g/mol. The lowest BCUT2D eigenvalue weighted by Gasteiger charge is -2.00. The molecule has 2 aromatic heterocycles.